The van der Waals surface area contributed by atoms with Crippen LogP contribution < -0.4 is 14.8 Å². The number of pyridine rings is 1. The summed E-state index contributed by atoms with van der Waals surface area (Å²) in [5, 5.41) is 4.24. The van der Waals surface area contributed by atoms with Crippen LogP contribution in [0, 0.1) is 0 Å². The standard InChI is InChI=1S/C18H17N2O5P/c1-23-17-9-14-15(7-8-19-16(14)10-18(17)24-2)20-13-5-3-12(4-6-13)11-25-26(21)22/h3-10H,11H2,1-2H3,(H-,19,20,21,22)/p+1. The van der Waals surface area contributed by atoms with Crippen LogP contribution in [-0.4, -0.2) is 24.1 Å². The van der Waals surface area contributed by atoms with Crippen molar-refractivity contribution in [3.05, 3.63) is 54.2 Å². The smallest absolute Gasteiger partial charge is 0.493 e. The van der Waals surface area contributed by atoms with Crippen molar-refractivity contribution >= 4 is 30.5 Å². The van der Waals surface area contributed by atoms with E-state index in [-0.39, 0.29) is 6.61 Å². The van der Waals surface area contributed by atoms with Crippen LogP contribution in [0.5, 0.6) is 11.5 Å². The normalized spacial score (nSPS) is 11.3. The number of nitrogens with one attached hydrogen (secondary N) is 1. The summed E-state index contributed by atoms with van der Waals surface area (Å²) in [6.45, 7) is 0.0845. The molecule has 0 amide bonds. The predicted octanol–water partition coefficient (Wildman–Crippen LogP) is 4.16. The highest BCUT2D eigenvalue weighted by molar-refractivity contribution is 7.32. The highest BCUT2D eigenvalue weighted by Gasteiger charge is 2.12. The van der Waals surface area contributed by atoms with Gasteiger partial charge in [0.2, 0.25) is 0 Å². The number of nitrogens with zero attached hydrogens (tertiary/aromatic N) is 1. The summed E-state index contributed by atoms with van der Waals surface area (Å²) in [6, 6.07) is 13.0. The monoisotopic (exact) mass is 373 g/mol. The number of fused-ring (bicyclic) bond motifs is 1. The molecule has 134 valence electrons. The van der Waals surface area contributed by atoms with E-state index >= 15 is 0 Å². The maximum Gasteiger partial charge on any atom is 0.695 e. The molecule has 7 nitrogen and oxygen atoms in total. The summed E-state index contributed by atoms with van der Waals surface area (Å²) in [7, 11) is 0.583. The number of aromatic nitrogens is 1. The van der Waals surface area contributed by atoms with Crippen molar-refractivity contribution in [2.75, 3.05) is 19.5 Å². The minimum atomic E-state index is -2.60. The Kier molecular flexibility index (Phi) is 5.63. The van der Waals surface area contributed by atoms with Crippen LogP contribution in [0.3, 0.4) is 0 Å². The van der Waals surface area contributed by atoms with E-state index in [0.717, 1.165) is 27.8 Å². The lowest BCUT2D eigenvalue weighted by molar-refractivity contribution is 0.272. The molecule has 0 fully saturated rings. The third-order valence-corrected chi connectivity index (χ3v) is 4.17. The molecule has 0 spiro atoms. The lowest BCUT2D eigenvalue weighted by atomic mass is 10.1. The van der Waals surface area contributed by atoms with Crippen molar-refractivity contribution in [3.8, 4) is 11.5 Å². The van der Waals surface area contributed by atoms with Crippen LogP contribution in [0.15, 0.2) is 48.7 Å². The largest absolute Gasteiger partial charge is 0.695 e. The molecule has 26 heavy (non-hydrogen) atoms. The second-order valence-corrected chi connectivity index (χ2v) is 6.15. The first-order valence-corrected chi connectivity index (χ1v) is 8.89. The van der Waals surface area contributed by atoms with E-state index < -0.39 is 8.25 Å². The van der Waals surface area contributed by atoms with Crippen LogP contribution >= 0.6 is 8.25 Å². The summed E-state index contributed by atoms with van der Waals surface area (Å²) < 4.78 is 26.0. The van der Waals surface area contributed by atoms with Crippen LogP contribution in [0.1, 0.15) is 5.56 Å². The average Bonchev–Trinajstić information content (AvgIpc) is 2.66. The highest BCUT2D eigenvalue weighted by atomic mass is 31.1. The Morgan fingerprint density at radius 2 is 1.77 bits per heavy atom. The van der Waals surface area contributed by atoms with Gasteiger partial charge in [0.1, 0.15) is 6.61 Å². The Morgan fingerprint density at radius 3 is 2.42 bits per heavy atom. The van der Waals surface area contributed by atoms with Gasteiger partial charge >= 0.3 is 8.25 Å². The molecule has 1 heterocycles. The third kappa shape index (κ3) is 4.08. The fourth-order valence-electron chi connectivity index (χ4n) is 2.55. The lowest BCUT2D eigenvalue weighted by Gasteiger charge is -2.13. The van der Waals surface area contributed by atoms with Gasteiger partial charge in [0.15, 0.2) is 11.5 Å². The van der Waals surface area contributed by atoms with E-state index in [1.54, 1.807) is 20.4 Å². The van der Waals surface area contributed by atoms with Gasteiger partial charge in [-0.2, -0.15) is 0 Å². The minimum absolute atomic E-state index is 0.0845. The molecule has 8 heteroatoms. The van der Waals surface area contributed by atoms with E-state index in [0.29, 0.717) is 11.5 Å². The van der Waals surface area contributed by atoms with Gasteiger partial charge in [0.05, 0.1) is 19.7 Å². The van der Waals surface area contributed by atoms with Gasteiger partial charge in [-0.15, -0.1) is 9.42 Å². The Hall–Kier alpha value is -2.73. The maximum atomic E-state index is 10.6. The van der Waals surface area contributed by atoms with Gasteiger partial charge in [-0.25, -0.2) is 0 Å². The Morgan fingerprint density at radius 1 is 1.08 bits per heavy atom. The van der Waals surface area contributed by atoms with Gasteiger partial charge in [-0.05, 0) is 29.8 Å². The number of anilines is 2. The molecule has 0 saturated carbocycles. The summed E-state index contributed by atoms with van der Waals surface area (Å²) >= 11 is 0. The Bertz CT molecular complexity index is 931. The molecule has 0 bridgehead atoms. The first-order valence-electron chi connectivity index (χ1n) is 7.76. The average molecular weight is 373 g/mol. The van der Waals surface area contributed by atoms with Gasteiger partial charge in [-0.3, -0.25) is 4.98 Å². The molecule has 1 unspecified atom stereocenters. The van der Waals surface area contributed by atoms with Gasteiger partial charge in [-0.1, -0.05) is 12.1 Å². The zero-order valence-corrected chi connectivity index (χ0v) is 15.2. The van der Waals surface area contributed by atoms with Crippen LogP contribution in [0.25, 0.3) is 10.9 Å². The van der Waals surface area contributed by atoms with Crippen LogP contribution in [-0.2, 0) is 15.7 Å². The van der Waals surface area contributed by atoms with Crippen molar-refractivity contribution in [2.45, 2.75) is 6.61 Å². The topological polar surface area (TPSA) is 89.9 Å². The number of hydrogen-bond donors (Lipinski definition) is 2. The zero-order chi connectivity index (χ0) is 18.5. The molecule has 3 aromatic rings. The van der Waals surface area contributed by atoms with Crippen molar-refractivity contribution in [2.24, 2.45) is 0 Å². The van der Waals surface area contributed by atoms with Crippen molar-refractivity contribution in [1.29, 1.82) is 0 Å². The van der Waals surface area contributed by atoms with Crippen molar-refractivity contribution in [3.63, 3.8) is 0 Å². The number of hydrogen-bond acceptors (Lipinski definition) is 6. The summed E-state index contributed by atoms with van der Waals surface area (Å²) in [5.74, 6) is 1.25. The molecule has 1 aromatic heterocycles. The molecule has 1 atom stereocenters. The second-order valence-electron chi connectivity index (χ2n) is 5.42. The number of methoxy groups -OCH3 is 2. The summed E-state index contributed by atoms with van der Waals surface area (Å²) in [5.41, 5.74) is 3.33. The first-order chi connectivity index (χ1) is 12.6. The minimum Gasteiger partial charge on any atom is -0.493 e. The molecular weight excluding hydrogens is 355 g/mol. The van der Waals surface area contributed by atoms with E-state index in [2.05, 4.69) is 10.3 Å². The predicted molar refractivity (Wildman–Crippen MR) is 99.2 cm³/mol. The number of ether oxygens (including phenoxy) is 2. The van der Waals surface area contributed by atoms with E-state index in [1.165, 1.54) is 0 Å². The summed E-state index contributed by atoms with van der Waals surface area (Å²) in [4.78, 5) is 13.1. The molecule has 0 aliphatic rings. The molecule has 0 saturated heterocycles. The number of benzene rings is 2. The Balaban J connectivity index is 1.87. The molecular formula is C18H18N2O5P+. The molecule has 0 aliphatic carbocycles. The molecule has 0 radical (unpaired) electrons. The Labute approximate surface area is 151 Å². The SMILES string of the molecule is COc1cc2nccc(Nc3ccc(CO[P+](=O)O)cc3)c2cc1OC. The van der Waals surface area contributed by atoms with E-state index in [9.17, 15) is 4.57 Å². The fourth-order valence-corrected chi connectivity index (χ4v) is 2.81. The van der Waals surface area contributed by atoms with Gasteiger partial charge in [0, 0.05) is 33.6 Å². The van der Waals surface area contributed by atoms with Gasteiger partial charge < -0.3 is 14.8 Å². The molecule has 2 N–H and O–H groups in total. The third-order valence-electron chi connectivity index (χ3n) is 3.82. The van der Waals surface area contributed by atoms with Gasteiger partial charge in [0.25, 0.3) is 0 Å². The maximum absolute atomic E-state index is 10.6. The molecule has 0 aliphatic heterocycles. The van der Waals surface area contributed by atoms with Crippen LogP contribution in [0.4, 0.5) is 11.4 Å². The zero-order valence-electron chi connectivity index (χ0n) is 14.3. The van der Waals surface area contributed by atoms with Crippen molar-refractivity contribution in [1.82, 2.24) is 4.98 Å². The van der Waals surface area contributed by atoms with E-state index in [1.807, 2.05) is 42.5 Å². The molecule has 2 aromatic carbocycles. The number of rotatable bonds is 7. The lowest BCUT2D eigenvalue weighted by Crippen LogP contribution is -1.96. The fraction of sp³-hybridized carbons (Fsp3) is 0.167. The quantitative estimate of drug-likeness (QED) is 0.601. The molecule has 3 rings (SSSR count). The first kappa shape index (κ1) is 18.1. The highest BCUT2D eigenvalue weighted by Crippen LogP contribution is 2.35. The van der Waals surface area contributed by atoms with E-state index in [4.69, 9.17) is 18.9 Å². The van der Waals surface area contributed by atoms with Crippen LogP contribution in [0.2, 0.25) is 0 Å². The second kappa shape index (κ2) is 8.10. The summed E-state index contributed by atoms with van der Waals surface area (Å²) in [6.07, 6.45) is 1.72. The van der Waals surface area contributed by atoms with Crippen molar-refractivity contribution < 1.29 is 23.5 Å².